The van der Waals surface area contributed by atoms with Crippen LogP contribution in [0.4, 0.5) is 11.5 Å². The van der Waals surface area contributed by atoms with E-state index in [1.807, 2.05) is 24.3 Å². The number of nitrogens with zero attached hydrogens (tertiary/aromatic N) is 1. The zero-order valence-corrected chi connectivity index (χ0v) is 20.0. The lowest BCUT2D eigenvalue weighted by Gasteiger charge is -2.26. The van der Waals surface area contributed by atoms with Gasteiger partial charge in [0.15, 0.2) is 11.5 Å². The molecule has 5 rings (SSSR count). The highest BCUT2D eigenvalue weighted by Gasteiger charge is 2.20. The monoisotopic (exact) mass is 478 g/mol. The van der Waals surface area contributed by atoms with Crippen molar-refractivity contribution in [2.75, 3.05) is 59.0 Å². The average molecular weight is 479 g/mol. The van der Waals surface area contributed by atoms with Gasteiger partial charge in [0, 0.05) is 36.3 Å². The van der Waals surface area contributed by atoms with Gasteiger partial charge < -0.3 is 24.3 Å². The number of esters is 1. The molecule has 9 nitrogen and oxygen atoms in total. The zero-order chi connectivity index (χ0) is 24.2. The van der Waals surface area contributed by atoms with Gasteiger partial charge in [0.1, 0.15) is 5.82 Å². The predicted octanol–water partition coefficient (Wildman–Crippen LogP) is 4.24. The quantitative estimate of drug-likeness (QED) is 0.244. The number of anilines is 2. The molecular weight excluding hydrogens is 448 g/mol. The van der Waals surface area contributed by atoms with Crippen molar-refractivity contribution in [1.29, 1.82) is 0 Å². The van der Waals surface area contributed by atoms with Gasteiger partial charge in [-0.1, -0.05) is 6.07 Å². The molecule has 1 fully saturated rings. The van der Waals surface area contributed by atoms with Gasteiger partial charge in [0.2, 0.25) is 0 Å². The van der Waals surface area contributed by atoms with Crippen molar-refractivity contribution in [2.45, 2.75) is 6.42 Å². The number of aromatic nitrogens is 2. The summed E-state index contributed by atoms with van der Waals surface area (Å²) in [6.07, 6.45) is 0.941. The Kier molecular flexibility index (Phi) is 6.78. The first kappa shape index (κ1) is 23.1. The van der Waals surface area contributed by atoms with Crippen molar-refractivity contribution in [3.63, 3.8) is 0 Å². The van der Waals surface area contributed by atoms with E-state index in [0.29, 0.717) is 17.9 Å². The first-order chi connectivity index (χ1) is 17.2. The summed E-state index contributed by atoms with van der Waals surface area (Å²) >= 11 is 0. The van der Waals surface area contributed by atoms with Crippen LogP contribution in [0, 0.1) is 0 Å². The zero-order valence-electron chi connectivity index (χ0n) is 20.0. The van der Waals surface area contributed by atoms with Crippen molar-refractivity contribution < 1.29 is 23.7 Å². The number of fused-ring (bicyclic) bond motifs is 3. The van der Waals surface area contributed by atoms with Crippen LogP contribution in [-0.4, -0.2) is 74.7 Å². The molecule has 0 amide bonds. The fraction of sp³-hybridized carbons (Fsp3) is 0.346. The lowest BCUT2D eigenvalue weighted by atomic mass is 10.2. The van der Waals surface area contributed by atoms with Crippen LogP contribution in [0.1, 0.15) is 16.8 Å². The molecule has 0 radical (unpaired) electrons. The second-order valence-electron chi connectivity index (χ2n) is 8.50. The number of carbonyl (C=O) groups is 1. The van der Waals surface area contributed by atoms with E-state index < -0.39 is 0 Å². The van der Waals surface area contributed by atoms with Crippen molar-refractivity contribution in [1.82, 2.24) is 15.1 Å². The van der Waals surface area contributed by atoms with E-state index in [-0.39, 0.29) is 5.97 Å². The Morgan fingerprint density at radius 3 is 2.74 bits per heavy atom. The molecule has 0 aromatic heterocycles. The van der Waals surface area contributed by atoms with Crippen LogP contribution < -0.4 is 14.8 Å². The molecule has 0 saturated carbocycles. The molecule has 0 bridgehead atoms. The molecule has 184 valence electrons. The van der Waals surface area contributed by atoms with Crippen LogP contribution in [0.5, 0.6) is 11.5 Å². The third kappa shape index (κ3) is 4.91. The second-order valence-corrected chi connectivity index (χ2v) is 8.50. The summed E-state index contributed by atoms with van der Waals surface area (Å²) in [5, 5.41) is 11.9. The summed E-state index contributed by atoms with van der Waals surface area (Å²) in [5.74, 6) is 1.86. The number of H-pyrrole nitrogens is 2. The molecule has 0 atom stereocenters. The summed E-state index contributed by atoms with van der Waals surface area (Å²) in [4.78, 5) is 14.3. The Balaban J connectivity index is 1.33. The highest BCUT2D eigenvalue weighted by Crippen LogP contribution is 2.43. The minimum atomic E-state index is -0.375. The van der Waals surface area contributed by atoms with Crippen molar-refractivity contribution in [3.05, 3.63) is 48.0 Å². The van der Waals surface area contributed by atoms with E-state index in [1.165, 1.54) is 7.11 Å². The number of rotatable bonds is 9. The molecule has 1 saturated heterocycles. The fourth-order valence-corrected chi connectivity index (χ4v) is 4.46. The Hall–Kier alpha value is -3.69. The molecular formula is C26H30N4O5. The summed E-state index contributed by atoms with van der Waals surface area (Å²) in [7, 11) is 3.03. The van der Waals surface area contributed by atoms with Crippen molar-refractivity contribution in [3.8, 4) is 22.8 Å². The number of hydrogen-bond acceptors (Lipinski definition) is 7. The highest BCUT2D eigenvalue weighted by molar-refractivity contribution is 6.05. The van der Waals surface area contributed by atoms with Crippen molar-refractivity contribution in [2.24, 2.45) is 0 Å². The molecule has 3 N–H and O–H groups in total. The minimum Gasteiger partial charge on any atom is -0.493 e. The number of ether oxygens (including phenoxy) is 4. The third-order valence-electron chi connectivity index (χ3n) is 6.29. The molecule has 1 aliphatic carbocycles. The Morgan fingerprint density at radius 2 is 1.94 bits per heavy atom. The lowest BCUT2D eigenvalue weighted by Crippen LogP contribution is -2.37. The van der Waals surface area contributed by atoms with Crippen LogP contribution in [-0.2, 0) is 9.47 Å². The van der Waals surface area contributed by atoms with Gasteiger partial charge in [-0.25, -0.2) is 4.79 Å². The summed E-state index contributed by atoms with van der Waals surface area (Å²) in [6.45, 7) is 5.19. The van der Waals surface area contributed by atoms with Crippen LogP contribution in [0.3, 0.4) is 0 Å². The number of morpholine rings is 1. The number of aromatic amines is 2. The van der Waals surface area contributed by atoms with E-state index in [9.17, 15) is 4.79 Å². The molecule has 2 heterocycles. The van der Waals surface area contributed by atoms with E-state index in [0.717, 1.165) is 78.6 Å². The largest absolute Gasteiger partial charge is 0.493 e. The molecule has 2 aromatic rings. The van der Waals surface area contributed by atoms with Crippen LogP contribution >= 0.6 is 0 Å². The van der Waals surface area contributed by atoms with E-state index in [2.05, 4.69) is 26.5 Å². The maximum atomic E-state index is 11.9. The fourth-order valence-electron chi connectivity index (χ4n) is 4.46. The summed E-state index contributed by atoms with van der Waals surface area (Å²) < 4.78 is 22.0. The van der Waals surface area contributed by atoms with Gasteiger partial charge in [-0.2, -0.15) is 0 Å². The van der Waals surface area contributed by atoms with Crippen LogP contribution in [0.2, 0.25) is 0 Å². The number of carbonyl (C=O) groups excluding carboxylic acids is 1. The van der Waals surface area contributed by atoms with E-state index in [4.69, 9.17) is 18.9 Å². The van der Waals surface area contributed by atoms with Gasteiger partial charge in [-0.15, -0.1) is 0 Å². The normalized spacial score (nSPS) is 14.3. The maximum absolute atomic E-state index is 11.9. The number of methoxy groups -OCH3 is 2. The Labute approximate surface area is 203 Å². The molecule has 0 unspecified atom stereocenters. The van der Waals surface area contributed by atoms with Gasteiger partial charge in [0.25, 0.3) is 0 Å². The smallest absolute Gasteiger partial charge is 0.337 e. The molecule has 0 spiro atoms. The molecule has 2 aliphatic heterocycles. The molecule has 35 heavy (non-hydrogen) atoms. The van der Waals surface area contributed by atoms with Gasteiger partial charge in [0.05, 0.1) is 45.3 Å². The Bertz CT molecular complexity index is 1270. The average Bonchev–Trinajstić information content (AvgIpc) is 3.45. The Morgan fingerprint density at radius 1 is 1.09 bits per heavy atom. The van der Waals surface area contributed by atoms with E-state index in [1.54, 1.807) is 19.2 Å². The predicted molar refractivity (Wildman–Crippen MR) is 134 cm³/mol. The first-order valence-corrected chi connectivity index (χ1v) is 11.8. The summed E-state index contributed by atoms with van der Waals surface area (Å²) in [5.41, 5.74) is 3.22. The minimum absolute atomic E-state index is 0.375. The summed E-state index contributed by atoms with van der Waals surface area (Å²) in [6, 6.07) is 13.3. The first-order valence-electron chi connectivity index (χ1n) is 11.8. The molecule has 2 aromatic carbocycles. The topological polar surface area (TPSA) is 101 Å². The number of hydrogen-bond donors (Lipinski definition) is 3. The SMILES string of the molecule is COC(=O)c1cccc(Nc2[nH][nH]c3c4cc(OC)c(OCCCN5CCOCC5)cc4cc2-3)c1. The molecule has 3 aliphatic rings. The molecule has 9 heteroatoms. The number of nitrogens with one attached hydrogen (secondary N) is 3. The van der Waals surface area contributed by atoms with Gasteiger partial charge >= 0.3 is 5.97 Å². The second kappa shape index (κ2) is 10.3. The van der Waals surface area contributed by atoms with Crippen LogP contribution in [0.25, 0.3) is 22.0 Å². The van der Waals surface area contributed by atoms with Gasteiger partial charge in [-0.05, 0) is 48.2 Å². The van der Waals surface area contributed by atoms with Crippen molar-refractivity contribution >= 4 is 28.2 Å². The number of benzene rings is 2. The van der Waals surface area contributed by atoms with E-state index >= 15 is 0 Å². The van der Waals surface area contributed by atoms with Gasteiger partial charge in [-0.3, -0.25) is 15.1 Å². The lowest BCUT2D eigenvalue weighted by molar-refractivity contribution is 0.0357. The van der Waals surface area contributed by atoms with Crippen LogP contribution in [0.15, 0.2) is 42.5 Å². The highest BCUT2D eigenvalue weighted by atomic mass is 16.5. The standard InChI is InChI=1S/C26H30N4O5/c1-32-22-16-20-18(15-23(22)35-10-4-7-30-8-11-34-12-9-30)14-21-24(20)28-29-25(21)27-19-6-3-5-17(13-19)26(31)33-2/h3,5-6,13-16,27-29H,4,7-12H2,1-2H3. The third-order valence-corrected chi connectivity index (χ3v) is 6.29. The maximum Gasteiger partial charge on any atom is 0.337 e.